The maximum Gasteiger partial charge on any atom is 0.414 e. The van der Waals surface area contributed by atoms with Gasteiger partial charge in [-0.2, -0.15) is 26.3 Å². The Morgan fingerprint density at radius 1 is 0.654 bits per heavy atom. The Morgan fingerprint density at radius 3 is 1.50 bits per heavy atom. The zero-order valence-electron chi connectivity index (χ0n) is 16.4. The third-order valence-corrected chi connectivity index (χ3v) is 3.93. The van der Waals surface area contributed by atoms with Gasteiger partial charge in [-0.3, -0.25) is 0 Å². The summed E-state index contributed by atoms with van der Waals surface area (Å²) in [4.78, 5) is 0. The van der Waals surface area contributed by atoms with Crippen molar-refractivity contribution < 1.29 is 35.8 Å². The van der Waals surface area contributed by atoms with Crippen LogP contribution in [0, 0.1) is 11.8 Å². The summed E-state index contributed by atoms with van der Waals surface area (Å²) in [5.74, 6) is -0.519. The van der Waals surface area contributed by atoms with E-state index in [0.717, 1.165) is 0 Å². The van der Waals surface area contributed by atoms with E-state index in [2.05, 4.69) is 0 Å². The van der Waals surface area contributed by atoms with Gasteiger partial charge in [0.2, 0.25) is 0 Å². The molecule has 0 amide bonds. The molecule has 2 unspecified atom stereocenters. The second kappa shape index (κ2) is 10.7. The molecular weight excluding hydrogens is 362 g/mol. The third-order valence-electron chi connectivity index (χ3n) is 3.93. The summed E-state index contributed by atoms with van der Waals surface area (Å²) in [6, 6.07) is 0. The number of hydrogen-bond acceptors (Lipinski definition) is 2. The van der Waals surface area contributed by atoms with Crippen LogP contribution in [0.25, 0.3) is 0 Å². The van der Waals surface area contributed by atoms with Crippen molar-refractivity contribution in [2.45, 2.75) is 104 Å². The maximum absolute atomic E-state index is 13.0. The highest BCUT2D eigenvalue weighted by Gasteiger charge is 2.43. The molecule has 0 aromatic heterocycles. The van der Waals surface area contributed by atoms with E-state index in [0.29, 0.717) is 6.42 Å². The highest BCUT2D eigenvalue weighted by atomic mass is 19.4. The van der Waals surface area contributed by atoms with Crippen LogP contribution < -0.4 is 0 Å². The maximum atomic E-state index is 13.0. The van der Waals surface area contributed by atoms with Gasteiger partial charge < -0.3 is 9.47 Å². The van der Waals surface area contributed by atoms with E-state index in [1.165, 1.54) is 20.8 Å². The molecule has 2 nitrogen and oxygen atoms in total. The molecule has 4 atom stereocenters. The fraction of sp³-hybridized carbons (Fsp3) is 1.00. The lowest BCUT2D eigenvalue weighted by Gasteiger charge is -2.28. The molecule has 0 heterocycles. The Balaban J connectivity index is 4.56. The van der Waals surface area contributed by atoms with Gasteiger partial charge in [-0.25, -0.2) is 0 Å². The van der Waals surface area contributed by atoms with Crippen LogP contribution in [0.15, 0.2) is 0 Å². The number of alkyl halides is 6. The van der Waals surface area contributed by atoms with E-state index < -0.39 is 36.8 Å². The molecule has 0 aliphatic rings. The number of rotatable bonds is 11. The molecule has 8 heteroatoms. The van der Waals surface area contributed by atoms with Crippen molar-refractivity contribution >= 4 is 0 Å². The monoisotopic (exact) mass is 394 g/mol. The smallest absolute Gasteiger partial charge is 0.366 e. The molecule has 0 aromatic carbocycles. The number of ether oxygens (including phenoxy) is 2. The van der Waals surface area contributed by atoms with Gasteiger partial charge in [0, 0.05) is 0 Å². The molecule has 0 aliphatic carbocycles. The Morgan fingerprint density at radius 2 is 1.12 bits per heavy atom. The first kappa shape index (κ1) is 25.5. The van der Waals surface area contributed by atoms with Gasteiger partial charge in [-0.1, -0.05) is 20.8 Å². The lowest BCUT2D eigenvalue weighted by Crippen LogP contribution is -2.36. The Kier molecular flexibility index (Phi) is 10.5. The average molecular weight is 394 g/mol. The van der Waals surface area contributed by atoms with Gasteiger partial charge >= 0.3 is 12.4 Å². The molecule has 0 N–H and O–H groups in total. The molecule has 0 radical (unpaired) electrons. The lowest BCUT2D eigenvalue weighted by atomic mass is 9.96. The molecule has 0 aromatic rings. The molecule has 0 saturated carbocycles. The first-order valence-corrected chi connectivity index (χ1v) is 9.07. The van der Waals surface area contributed by atoms with E-state index in [9.17, 15) is 26.3 Å². The van der Waals surface area contributed by atoms with E-state index in [-0.39, 0.29) is 31.1 Å². The highest BCUT2D eigenvalue weighted by Crippen LogP contribution is 2.32. The normalized spacial score (nSPS) is 18.2. The molecule has 0 saturated heterocycles. The SMILES string of the molecule is CC(C)C[C@@H](OC(C)CCC(C)C[C@H](OC(C)C)C(F)(F)F)C(F)(F)F. The van der Waals surface area contributed by atoms with E-state index in [4.69, 9.17) is 9.47 Å². The highest BCUT2D eigenvalue weighted by molar-refractivity contribution is 4.74. The van der Waals surface area contributed by atoms with Gasteiger partial charge in [0.1, 0.15) is 0 Å². The van der Waals surface area contributed by atoms with Crippen molar-refractivity contribution in [3.63, 3.8) is 0 Å². The van der Waals surface area contributed by atoms with Crippen LogP contribution in [0.1, 0.15) is 67.2 Å². The molecule has 0 spiro atoms. The topological polar surface area (TPSA) is 18.5 Å². The summed E-state index contributed by atoms with van der Waals surface area (Å²) in [6.45, 7) is 9.60. The van der Waals surface area contributed by atoms with Gasteiger partial charge in [0.25, 0.3) is 0 Å². The van der Waals surface area contributed by atoms with Crippen molar-refractivity contribution in [3.05, 3.63) is 0 Å². The van der Waals surface area contributed by atoms with Crippen LogP contribution in [-0.4, -0.2) is 36.8 Å². The summed E-state index contributed by atoms with van der Waals surface area (Å²) in [5.41, 5.74) is 0. The molecule has 0 aliphatic heterocycles. The Labute approximate surface area is 152 Å². The predicted octanol–water partition coefficient (Wildman–Crippen LogP) is 6.53. The summed E-state index contributed by atoms with van der Waals surface area (Å²) < 4.78 is 88.0. The predicted molar refractivity (Wildman–Crippen MR) is 88.9 cm³/mol. The van der Waals surface area contributed by atoms with Crippen LogP contribution in [0.2, 0.25) is 0 Å². The van der Waals surface area contributed by atoms with Gasteiger partial charge in [0.15, 0.2) is 12.2 Å². The fourth-order valence-corrected chi connectivity index (χ4v) is 2.64. The minimum atomic E-state index is -4.46. The third kappa shape index (κ3) is 11.3. The molecule has 158 valence electrons. The average Bonchev–Trinajstić information content (AvgIpc) is 2.40. The van der Waals surface area contributed by atoms with Crippen molar-refractivity contribution in [1.82, 2.24) is 0 Å². The molecular formula is C18H32F6O2. The molecule has 0 bridgehead atoms. The minimum absolute atomic E-state index is 0.137. The summed E-state index contributed by atoms with van der Waals surface area (Å²) in [5, 5.41) is 0. The minimum Gasteiger partial charge on any atom is -0.366 e. The summed E-state index contributed by atoms with van der Waals surface area (Å²) in [7, 11) is 0. The molecule has 26 heavy (non-hydrogen) atoms. The van der Waals surface area contributed by atoms with Gasteiger partial charge in [-0.05, 0) is 58.3 Å². The number of hydrogen-bond donors (Lipinski definition) is 0. The Bertz CT molecular complexity index is 343. The quantitative estimate of drug-likeness (QED) is 0.371. The summed E-state index contributed by atoms with van der Waals surface area (Å²) in [6.07, 6.45) is -13.6. The van der Waals surface area contributed by atoms with Crippen LogP contribution >= 0.6 is 0 Å². The van der Waals surface area contributed by atoms with E-state index in [1.807, 2.05) is 0 Å². The zero-order valence-corrected chi connectivity index (χ0v) is 16.4. The summed E-state index contributed by atoms with van der Waals surface area (Å²) >= 11 is 0. The van der Waals surface area contributed by atoms with E-state index >= 15 is 0 Å². The van der Waals surface area contributed by atoms with Crippen LogP contribution in [0.3, 0.4) is 0 Å². The molecule has 0 fully saturated rings. The standard InChI is InChI=1S/C18H32F6O2/c1-11(2)9-15(17(19,20)21)26-14(6)8-7-13(5)10-16(18(22,23)24)25-12(3)4/h11-16H,7-10H2,1-6H3/t13?,14?,15-,16+/m1/s1. The van der Waals surface area contributed by atoms with Crippen molar-refractivity contribution in [3.8, 4) is 0 Å². The van der Waals surface area contributed by atoms with Crippen LogP contribution in [-0.2, 0) is 9.47 Å². The zero-order chi connectivity index (χ0) is 20.7. The second-order valence-corrected chi connectivity index (χ2v) is 7.74. The van der Waals surface area contributed by atoms with Gasteiger partial charge in [-0.15, -0.1) is 0 Å². The van der Waals surface area contributed by atoms with Crippen molar-refractivity contribution in [2.24, 2.45) is 11.8 Å². The van der Waals surface area contributed by atoms with E-state index in [1.54, 1.807) is 20.8 Å². The first-order chi connectivity index (χ1) is 11.6. The number of halogens is 6. The van der Waals surface area contributed by atoms with Crippen LogP contribution in [0.4, 0.5) is 26.3 Å². The first-order valence-electron chi connectivity index (χ1n) is 9.07. The van der Waals surface area contributed by atoms with Crippen molar-refractivity contribution in [1.29, 1.82) is 0 Å². The fourth-order valence-electron chi connectivity index (χ4n) is 2.64. The van der Waals surface area contributed by atoms with Crippen LogP contribution in [0.5, 0.6) is 0 Å². The molecule has 0 rings (SSSR count). The Hall–Kier alpha value is -0.500. The van der Waals surface area contributed by atoms with Gasteiger partial charge in [0.05, 0.1) is 12.2 Å². The lowest BCUT2D eigenvalue weighted by molar-refractivity contribution is -0.238. The van der Waals surface area contributed by atoms with Crippen molar-refractivity contribution in [2.75, 3.05) is 0 Å². The second-order valence-electron chi connectivity index (χ2n) is 7.74. The largest absolute Gasteiger partial charge is 0.414 e.